The van der Waals surface area contributed by atoms with E-state index in [4.69, 9.17) is 9.29 Å². The van der Waals surface area contributed by atoms with Crippen LogP contribution in [0.2, 0.25) is 0 Å². The Kier molecular flexibility index (Phi) is 3.07. The van der Waals surface area contributed by atoms with Crippen molar-refractivity contribution in [2.45, 2.75) is 11.8 Å². The number of halogens is 1. The fourth-order valence-corrected chi connectivity index (χ4v) is 1.41. The third-order valence-corrected chi connectivity index (χ3v) is 2.35. The van der Waals surface area contributed by atoms with Crippen molar-refractivity contribution in [3.8, 4) is 5.75 Å². The summed E-state index contributed by atoms with van der Waals surface area (Å²) in [5.74, 6) is -0.859. The standard InChI is InChI=1S/C8H9FO4S/c1-2-13-8-4-3-6(5-7(8)9)14(10,11)12/h3-5H,2H2,1H3,(H,10,11,12). The smallest absolute Gasteiger partial charge is 0.294 e. The Labute approximate surface area is 81.1 Å². The molecule has 0 unspecified atom stereocenters. The average Bonchev–Trinajstić information content (AvgIpc) is 2.07. The van der Waals surface area contributed by atoms with Crippen LogP contribution < -0.4 is 4.74 Å². The second-order valence-corrected chi connectivity index (χ2v) is 3.92. The molecule has 1 rings (SSSR count). The first-order chi connectivity index (χ1) is 6.45. The zero-order valence-corrected chi connectivity index (χ0v) is 8.21. The Bertz CT molecular complexity index is 427. The van der Waals surface area contributed by atoms with E-state index in [1.807, 2.05) is 0 Å². The van der Waals surface area contributed by atoms with Gasteiger partial charge in [0.2, 0.25) is 0 Å². The fraction of sp³-hybridized carbons (Fsp3) is 0.250. The molecule has 6 heteroatoms. The molecule has 0 saturated carbocycles. The highest BCUT2D eigenvalue weighted by molar-refractivity contribution is 7.85. The minimum Gasteiger partial charge on any atom is -0.491 e. The van der Waals surface area contributed by atoms with E-state index < -0.39 is 20.8 Å². The highest BCUT2D eigenvalue weighted by Gasteiger charge is 2.12. The molecule has 0 heterocycles. The van der Waals surface area contributed by atoms with Gasteiger partial charge in [-0.2, -0.15) is 8.42 Å². The van der Waals surface area contributed by atoms with Crippen molar-refractivity contribution in [3.63, 3.8) is 0 Å². The van der Waals surface area contributed by atoms with Gasteiger partial charge in [0.1, 0.15) is 0 Å². The van der Waals surface area contributed by atoms with Gasteiger partial charge in [-0.3, -0.25) is 4.55 Å². The lowest BCUT2D eigenvalue weighted by Gasteiger charge is -2.04. The summed E-state index contributed by atoms with van der Waals surface area (Å²) in [5, 5.41) is 0. The molecule has 0 amide bonds. The number of hydrogen-bond donors (Lipinski definition) is 1. The van der Waals surface area contributed by atoms with Crippen molar-refractivity contribution in [3.05, 3.63) is 24.0 Å². The highest BCUT2D eigenvalue weighted by Crippen LogP contribution is 2.20. The van der Waals surface area contributed by atoms with Crippen LogP contribution in [0.1, 0.15) is 6.92 Å². The zero-order valence-electron chi connectivity index (χ0n) is 7.40. The Hall–Kier alpha value is -1.14. The molecule has 14 heavy (non-hydrogen) atoms. The van der Waals surface area contributed by atoms with Crippen LogP contribution in [0.3, 0.4) is 0 Å². The summed E-state index contributed by atoms with van der Waals surface area (Å²) in [6, 6.07) is 2.94. The Morgan fingerprint density at radius 3 is 2.57 bits per heavy atom. The topological polar surface area (TPSA) is 63.6 Å². The average molecular weight is 220 g/mol. The second kappa shape index (κ2) is 3.93. The molecule has 0 bridgehead atoms. The second-order valence-electron chi connectivity index (χ2n) is 2.50. The minimum atomic E-state index is -4.35. The van der Waals surface area contributed by atoms with Crippen molar-refractivity contribution in [1.29, 1.82) is 0 Å². The van der Waals surface area contributed by atoms with Crippen LogP contribution in [0.5, 0.6) is 5.75 Å². The number of rotatable bonds is 3. The third kappa shape index (κ3) is 2.43. The molecular formula is C8H9FO4S. The van der Waals surface area contributed by atoms with Crippen molar-refractivity contribution in [2.24, 2.45) is 0 Å². The zero-order chi connectivity index (χ0) is 10.8. The molecule has 4 nitrogen and oxygen atoms in total. The summed E-state index contributed by atoms with van der Waals surface area (Å²) in [7, 11) is -4.35. The van der Waals surface area contributed by atoms with Gasteiger partial charge in [0.25, 0.3) is 10.1 Å². The van der Waals surface area contributed by atoms with Crippen molar-refractivity contribution >= 4 is 10.1 Å². The summed E-state index contributed by atoms with van der Waals surface area (Å²) in [6.07, 6.45) is 0. The van der Waals surface area contributed by atoms with Gasteiger partial charge >= 0.3 is 0 Å². The molecule has 78 valence electrons. The molecule has 0 saturated heterocycles. The van der Waals surface area contributed by atoms with E-state index in [-0.39, 0.29) is 12.4 Å². The van der Waals surface area contributed by atoms with Crippen molar-refractivity contribution in [2.75, 3.05) is 6.61 Å². The normalized spacial score (nSPS) is 11.4. The fourth-order valence-electron chi connectivity index (χ4n) is 0.915. The molecule has 0 fully saturated rings. The van der Waals surface area contributed by atoms with Gasteiger partial charge in [0, 0.05) is 0 Å². The molecule has 0 aliphatic carbocycles. The molecule has 0 aromatic heterocycles. The van der Waals surface area contributed by atoms with Crippen LogP contribution in [0.4, 0.5) is 4.39 Å². The van der Waals surface area contributed by atoms with Crippen LogP contribution in [0.15, 0.2) is 23.1 Å². The van der Waals surface area contributed by atoms with Gasteiger partial charge in [-0.05, 0) is 25.1 Å². The molecule has 1 aromatic carbocycles. The molecule has 0 aliphatic heterocycles. The van der Waals surface area contributed by atoms with Crippen molar-refractivity contribution in [1.82, 2.24) is 0 Å². The van der Waals surface area contributed by atoms with Gasteiger partial charge < -0.3 is 4.74 Å². The van der Waals surface area contributed by atoms with E-state index in [2.05, 4.69) is 0 Å². The Morgan fingerprint density at radius 2 is 2.14 bits per heavy atom. The van der Waals surface area contributed by atoms with Gasteiger partial charge in [-0.15, -0.1) is 0 Å². The minimum absolute atomic E-state index is 0.0418. The maximum absolute atomic E-state index is 13.1. The van der Waals surface area contributed by atoms with E-state index in [9.17, 15) is 12.8 Å². The first-order valence-electron chi connectivity index (χ1n) is 3.85. The SMILES string of the molecule is CCOc1ccc(S(=O)(=O)O)cc1F. The monoisotopic (exact) mass is 220 g/mol. The Balaban J connectivity index is 3.13. The summed E-state index contributed by atoms with van der Waals surface area (Å²) >= 11 is 0. The number of ether oxygens (including phenoxy) is 1. The molecule has 0 aliphatic rings. The van der Waals surface area contributed by atoms with E-state index in [1.165, 1.54) is 0 Å². The van der Waals surface area contributed by atoms with Crippen LogP contribution in [0, 0.1) is 5.82 Å². The van der Waals surface area contributed by atoms with Gasteiger partial charge in [0.05, 0.1) is 11.5 Å². The van der Waals surface area contributed by atoms with E-state index in [0.717, 1.165) is 12.1 Å². The van der Waals surface area contributed by atoms with E-state index in [0.29, 0.717) is 6.07 Å². The Morgan fingerprint density at radius 1 is 1.50 bits per heavy atom. The maximum atomic E-state index is 13.1. The van der Waals surface area contributed by atoms with Crippen LogP contribution >= 0.6 is 0 Å². The summed E-state index contributed by atoms with van der Waals surface area (Å²) in [4.78, 5) is -0.488. The quantitative estimate of drug-likeness (QED) is 0.783. The molecule has 0 radical (unpaired) electrons. The lowest BCUT2D eigenvalue weighted by Crippen LogP contribution is -2.00. The molecular weight excluding hydrogens is 211 g/mol. The predicted octanol–water partition coefficient (Wildman–Crippen LogP) is 1.47. The van der Waals surface area contributed by atoms with Crippen LogP contribution in [-0.2, 0) is 10.1 Å². The highest BCUT2D eigenvalue weighted by atomic mass is 32.2. The summed E-state index contributed by atoms with van der Waals surface area (Å²) in [6.45, 7) is 1.96. The summed E-state index contributed by atoms with van der Waals surface area (Å²) in [5.41, 5.74) is 0. The van der Waals surface area contributed by atoms with Gasteiger partial charge in [-0.1, -0.05) is 0 Å². The van der Waals surface area contributed by atoms with Gasteiger partial charge in [0.15, 0.2) is 11.6 Å². The molecule has 1 aromatic rings. The van der Waals surface area contributed by atoms with Crippen molar-refractivity contribution < 1.29 is 22.1 Å². The number of benzene rings is 1. The lowest BCUT2D eigenvalue weighted by molar-refractivity contribution is 0.321. The lowest BCUT2D eigenvalue weighted by atomic mass is 10.3. The maximum Gasteiger partial charge on any atom is 0.294 e. The van der Waals surface area contributed by atoms with Crippen LogP contribution in [0.25, 0.3) is 0 Å². The first kappa shape index (κ1) is 10.9. The predicted molar refractivity (Wildman–Crippen MR) is 47.4 cm³/mol. The van der Waals surface area contributed by atoms with E-state index >= 15 is 0 Å². The largest absolute Gasteiger partial charge is 0.491 e. The molecule has 1 N–H and O–H groups in total. The van der Waals surface area contributed by atoms with E-state index in [1.54, 1.807) is 6.92 Å². The van der Waals surface area contributed by atoms with Crippen LogP contribution in [-0.4, -0.2) is 19.6 Å². The molecule has 0 spiro atoms. The number of hydrogen-bond acceptors (Lipinski definition) is 3. The van der Waals surface area contributed by atoms with Gasteiger partial charge in [-0.25, -0.2) is 4.39 Å². The third-order valence-electron chi connectivity index (χ3n) is 1.50. The summed E-state index contributed by atoms with van der Waals surface area (Å²) < 4.78 is 47.7. The molecule has 0 atom stereocenters. The first-order valence-corrected chi connectivity index (χ1v) is 5.29.